The maximum absolute atomic E-state index is 12.5. The van der Waals surface area contributed by atoms with E-state index in [4.69, 9.17) is 17.3 Å². The summed E-state index contributed by atoms with van der Waals surface area (Å²) in [5.74, 6) is 0.121. The van der Waals surface area contributed by atoms with Gasteiger partial charge in [-0.15, -0.1) is 12.4 Å². The number of nitrogens with zero attached hydrogens (tertiary/aromatic N) is 3. The van der Waals surface area contributed by atoms with Crippen LogP contribution in [0.1, 0.15) is 28.9 Å². The maximum Gasteiger partial charge on any atom is 0.227 e. The molecule has 3 rings (SSSR count). The topological polar surface area (TPSA) is 64.2 Å². The molecule has 1 aliphatic rings. The van der Waals surface area contributed by atoms with Gasteiger partial charge in [0, 0.05) is 35.4 Å². The van der Waals surface area contributed by atoms with E-state index in [1.807, 2.05) is 48.6 Å². The van der Waals surface area contributed by atoms with E-state index in [1.165, 1.54) is 0 Å². The zero-order valence-corrected chi connectivity index (χ0v) is 16.3. The highest BCUT2D eigenvalue weighted by molar-refractivity contribution is 6.31. The number of halogens is 2. The van der Waals surface area contributed by atoms with Crippen LogP contribution in [0.3, 0.4) is 0 Å². The molecular weight excluding hydrogens is 359 g/mol. The summed E-state index contributed by atoms with van der Waals surface area (Å²) in [6, 6.07) is 5.98. The smallest absolute Gasteiger partial charge is 0.227 e. The first-order chi connectivity index (χ1) is 11.4. The summed E-state index contributed by atoms with van der Waals surface area (Å²) in [5, 5.41) is 5.32. The Hall–Kier alpha value is -1.56. The molecule has 0 bridgehead atoms. The molecule has 1 aliphatic heterocycles. The summed E-state index contributed by atoms with van der Waals surface area (Å²) in [4.78, 5) is 14.4. The van der Waals surface area contributed by atoms with Crippen LogP contribution in [0.4, 0.5) is 0 Å². The van der Waals surface area contributed by atoms with E-state index in [0.717, 1.165) is 41.2 Å². The molecule has 0 radical (unpaired) electrons. The Labute approximate surface area is 159 Å². The van der Waals surface area contributed by atoms with Gasteiger partial charge in [-0.2, -0.15) is 5.10 Å². The molecule has 2 N–H and O–H groups in total. The van der Waals surface area contributed by atoms with Gasteiger partial charge >= 0.3 is 0 Å². The van der Waals surface area contributed by atoms with E-state index >= 15 is 0 Å². The maximum atomic E-state index is 12.5. The average molecular weight is 383 g/mol. The number of aromatic nitrogens is 2. The molecule has 1 atom stereocenters. The molecule has 0 aliphatic carbocycles. The third-order valence-electron chi connectivity index (χ3n) is 4.75. The van der Waals surface area contributed by atoms with Crippen LogP contribution in [0, 0.1) is 20.8 Å². The second-order valence-electron chi connectivity index (χ2n) is 6.56. The van der Waals surface area contributed by atoms with Crippen LogP contribution in [0.25, 0.3) is 5.69 Å². The molecule has 25 heavy (non-hydrogen) atoms. The Bertz CT molecular complexity index is 788. The molecule has 1 unspecified atom stereocenters. The Kier molecular flexibility index (Phi) is 6.14. The fraction of sp³-hybridized carbons (Fsp3) is 0.444. The number of hydrogen-bond donors (Lipinski definition) is 1. The van der Waals surface area contributed by atoms with Gasteiger partial charge in [-0.05, 0) is 44.9 Å². The van der Waals surface area contributed by atoms with Crippen molar-refractivity contribution in [1.82, 2.24) is 14.7 Å². The number of nitrogens with two attached hydrogens (primary N) is 1. The van der Waals surface area contributed by atoms with Crippen LogP contribution in [-0.4, -0.2) is 39.7 Å². The number of aryl methyl sites for hydroxylation is 2. The minimum atomic E-state index is 0. The largest absolute Gasteiger partial charge is 0.341 e. The molecule has 2 heterocycles. The minimum Gasteiger partial charge on any atom is -0.341 e. The van der Waals surface area contributed by atoms with Gasteiger partial charge in [-0.3, -0.25) is 4.79 Å². The summed E-state index contributed by atoms with van der Waals surface area (Å²) < 4.78 is 1.86. The van der Waals surface area contributed by atoms with Crippen molar-refractivity contribution in [2.75, 3.05) is 13.1 Å². The third kappa shape index (κ3) is 4.00. The van der Waals surface area contributed by atoms with Crippen molar-refractivity contribution in [2.45, 2.75) is 39.7 Å². The molecule has 0 spiro atoms. The minimum absolute atomic E-state index is 0. The first-order valence-corrected chi connectivity index (χ1v) is 8.59. The highest BCUT2D eigenvalue weighted by atomic mass is 35.5. The Morgan fingerprint density at radius 3 is 2.68 bits per heavy atom. The summed E-state index contributed by atoms with van der Waals surface area (Å²) in [6.07, 6.45) is 1.24. The van der Waals surface area contributed by atoms with Crippen molar-refractivity contribution in [3.05, 3.63) is 45.7 Å². The SMILES string of the molecule is Cc1ccc(-n2nc(C)c(CC(=O)N3CCC(N)C3)c2C)cc1Cl.Cl. The van der Waals surface area contributed by atoms with E-state index in [1.54, 1.807) is 0 Å². The highest BCUT2D eigenvalue weighted by Crippen LogP contribution is 2.23. The van der Waals surface area contributed by atoms with Crippen LogP contribution in [0.15, 0.2) is 18.2 Å². The second-order valence-corrected chi connectivity index (χ2v) is 6.97. The first kappa shape index (κ1) is 19.8. The number of carbonyl (C=O) groups excluding carboxylic acids is 1. The number of carbonyl (C=O) groups is 1. The monoisotopic (exact) mass is 382 g/mol. The standard InChI is InChI=1S/C18H23ClN4O.ClH/c1-11-4-5-15(8-17(11)19)23-13(3)16(12(2)21-23)9-18(24)22-7-6-14(20)10-22;/h4-5,8,14H,6-7,9-10,20H2,1-3H3;1H. The van der Waals surface area contributed by atoms with Gasteiger partial charge in [0.2, 0.25) is 5.91 Å². The van der Waals surface area contributed by atoms with Gasteiger partial charge in [-0.25, -0.2) is 4.68 Å². The van der Waals surface area contributed by atoms with Crippen molar-refractivity contribution in [3.8, 4) is 5.69 Å². The fourth-order valence-electron chi connectivity index (χ4n) is 3.17. The summed E-state index contributed by atoms with van der Waals surface area (Å²) in [7, 11) is 0. The molecule has 7 heteroatoms. The Morgan fingerprint density at radius 2 is 2.08 bits per heavy atom. The molecule has 136 valence electrons. The zero-order chi connectivity index (χ0) is 17.4. The Balaban J connectivity index is 0.00000225. The second kappa shape index (κ2) is 7.77. The van der Waals surface area contributed by atoms with E-state index in [0.29, 0.717) is 18.0 Å². The molecule has 0 saturated carbocycles. The lowest BCUT2D eigenvalue weighted by Gasteiger charge is -2.15. The van der Waals surface area contributed by atoms with Gasteiger partial charge in [0.05, 0.1) is 17.8 Å². The highest BCUT2D eigenvalue weighted by Gasteiger charge is 2.25. The van der Waals surface area contributed by atoms with E-state index in [9.17, 15) is 4.79 Å². The lowest BCUT2D eigenvalue weighted by molar-refractivity contribution is -0.129. The van der Waals surface area contributed by atoms with Gasteiger partial charge in [0.1, 0.15) is 0 Å². The first-order valence-electron chi connectivity index (χ1n) is 8.21. The van der Waals surface area contributed by atoms with Gasteiger partial charge in [0.25, 0.3) is 0 Å². The van der Waals surface area contributed by atoms with Gasteiger partial charge in [0.15, 0.2) is 0 Å². The Morgan fingerprint density at radius 1 is 1.36 bits per heavy atom. The average Bonchev–Trinajstić information content (AvgIpc) is 3.09. The molecule has 1 fully saturated rings. The predicted octanol–water partition coefficient (Wildman–Crippen LogP) is 2.97. The van der Waals surface area contributed by atoms with Gasteiger partial charge < -0.3 is 10.6 Å². The number of hydrogen-bond acceptors (Lipinski definition) is 3. The number of benzene rings is 1. The van der Waals surface area contributed by atoms with Crippen molar-refractivity contribution < 1.29 is 4.79 Å². The van der Waals surface area contributed by atoms with Crippen molar-refractivity contribution >= 4 is 29.9 Å². The summed E-state index contributed by atoms with van der Waals surface area (Å²) in [6.45, 7) is 7.31. The summed E-state index contributed by atoms with van der Waals surface area (Å²) >= 11 is 6.23. The van der Waals surface area contributed by atoms with Crippen molar-refractivity contribution in [2.24, 2.45) is 5.73 Å². The summed E-state index contributed by atoms with van der Waals surface area (Å²) in [5.41, 5.74) is 10.7. The predicted molar refractivity (Wildman–Crippen MR) is 103 cm³/mol. The lowest BCUT2D eigenvalue weighted by atomic mass is 10.1. The van der Waals surface area contributed by atoms with Crippen LogP contribution in [0.2, 0.25) is 5.02 Å². The molecule has 2 aromatic rings. The number of rotatable bonds is 3. The van der Waals surface area contributed by atoms with Crippen LogP contribution < -0.4 is 5.73 Å². The van der Waals surface area contributed by atoms with Crippen LogP contribution >= 0.6 is 24.0 Å². The number of likely N-dealkylation sites (tertiary alicyclic amines) is 1. The zero-order valence-electron chi connectivity index (χ0n) is 14.8. The molecule has 1 saturated heterocycles. The molecule has 1 amide bonds. The van der Waals surface area contributed by atoms with Crippen LogP contribution in [-0.2, 0) is 11.2 Å². The normalized spacial score (nSPS) is 16.8. The molecule has 1 aromatic heterocycles. The van der Waals surface area contributed by atoms with E-state index < -0.39 is 0 Å². The number of amides is 1. The molecule has 5 nitrogen and oxygen atoms in total. The fourth-order valence-corrected chi connectivity index (χ4v) is 3.35. The van der Waals surface area contributed by atoms with E-state index in [2.05, 4.69) is 5.10 Å². The third-order valence-corrected chi connectivity index (χ3v) is 5.15. The lowest BCUT2D eigenvalue weighted by Crippen LogP contribution is -2.33. The van der Waals surface area contributed by atoms with Gasteiger partial charge in [-0.1, -0.05) is 17.7 Å². The molecule has 1 aromatic carbocycles. The molecular formula is C18H24Cl2N4O. The van der Waals surface area contributed by atoms with E-state index in [-0.39, 0.29) is 24.4 Å². The van der Waals surface area contributed by atoms with Crippen LogP contribution in [0.5, 0.6) is 0 Å². The van der Waals surface area contributed by atoms with Crippen molar-refractivity contribution in [3.63, 3.8) is 0 Å². The quantitative estimate of drug-likeness (QED) is 0.886. The van der Waals surface area contributed by atoms with Crippen molar-refractivity contribution in [1.29, 1.82) is 0 Å².